The molecule has 0 aliphatic heterocycles. The van der Waals surface area contributed by atoms with Crippen molar-refractivity contribution in [2.75, 3.05) is 0 Å². The summed E-state index contributed by atoms with van der Waals surface area (Å²) in [6, 6.07) is 0. The summed E-state index contributed by atoms with van der Waals surface area (Å²) >= 11 is 0. The van der Waals surface area contributed by atoms with Crippen molar-refractivity contribution in [1.29, 1.82) is 0 Å². The Hall–Kier alpha value is -0.740. The Bertz CT molecular complexity index is 481. The number of Topliss-reactive ketones (excluding diaryl/α,β-unsaturated/α-hetero) is 2. The largest absolute Gasteiger partial charge is 0.375 e. The molecule has 4 nitrogen and oxygen atoms in total. The SMILES string of the molecule is CCCCCCCCCCCC(=O)C(CC)(C(=O)CCCCCCCCCCC)C(N)(O)CC. The van der Waals surface area contributed by atoms with Gasteiger partial charge in [0.25, 0.3) is 0 Å². The van der Waals surface area contributed by atoms with Crippen LogP contribution >= 0.6 is 0 Å². The molecule has 3 N–H and O–H groups in total. The van der Waals surface area contributed by atoms with E-state index in [-0.39, 0.29) is 24.4 Å². The van der Waals surface area contributed by atoms with Crippen LogP contribution in [0.1, 0.15) is 169 Å². The van der Waals surface area contributed by atoms with Crippen LogP contribution in [-0.4, -0.2) is 22.4 Å². The van der Waals surface area contributed by atoms with Gasteiger partial charge in [0.05, 0.1) is 0 Å². The maximum absolute atomic E-state index is 13.3. The highest BCUT2D eigenvalue weighted by atomic mass is 16.3. The van der Waals surface area contributed by atoms with Gasteiger partial charge in [0, 0.05) is 12.8 Å². The monoisotopic (exact) mass is 481 g/mol. The van der Waals surface area contributed by atoms with Gasteiger partial charge in [-0.3, -0.25) is 9.59 Å². The third-order valence-electron chi connectivity index (χ3n) is 7.78. The van der Waals surface area contributed by atoms with Gasteiger partial charge >= 0.3 is 0 Å². The zero-order valence-electron chi connectivity index (χ0n) is 23.4. The first-order chi connectivity index (χ1) is 16.3. The van der Waals surface area contributed by atoms with Gasteiger partial charge in [-0.2, -0.15) is 0 Å². The Labute approximate surface area is 212 Å². The van der Waals surface area contributed by atoms with Crippen LogP contribution in [0.25, 0.3) is 0 Å². The molecule has 34 heavy (non-hydrogen) atoms. The summed E-state index contributed by atoms with van der Waals surface area (Å²) in [6.07, 6.45) is 22.4. The van der Waals surface area contributed by atoms with E-state index in [1.54, 1.807) is 6.92 Å². The molecule has 0 aliphatic carbocycles. The Kier molecular flexibility index (Phi) is 20.0. The minimum absolute atomic E-state index is 0.147. The van der Waals surface area contributed by atoms with E-state index in [1.807, 2.05) is 6.92 Å². The molecule has 0 aliphatic rings. The Balaban J connectivity index is 4.59. The molecule has 0 saturated heterocycles. The summed E-state index contributed by atoms with van der Waals surface area (Å²) in [5.74, 6) is -0.295. The molecule has 0 aromatic rings. The standard InChI is InChI=1S/C30H59NO3/c1-5-9-11-13-15-17-19-21-23-25-27(32)29(7-3,30(31,34)8-4)28(33)26-24-22-20-18-16-14-12-10-6-2/h34H,5-26,31H2,1-4H3. The lowest BCUT2D eigenvalue weighted by Gasteiger charge is -2.42. The summed E-state index contributed by atoms with van der Waals surface area (Å²) in [7, 11) is 0. The van der Waals surface area contributed by atoms with Gasteiger partial charge in [0.15, 0.2) is 11.6 Å². The van der Waals surface area contributed by atoms with Crippen molar-refractivity contribution < 1.29 is 14.7 Å². The fourth-order valence-corrected chi connectivity index (χ4v) is 5.26. The number of carbonyl (C=O) groups is 2. The molecule has 202 valence electrons. The van der Waals surface area contributed by atoms with Crippen molar-refractivity contribution in [3.05, 3.63) is 0 Å². The molecule has 0 rings (SSSR count). The van der Waals surface area contributed by atoms with Crippen LogP contribution in [0.3, 0.4) is 0 Å². The third kappa shape index (κ3) is 12.3. The van der Waals surface area contributed by atoms with Crippen molar-refractivity contribution in [3.63, 3.8) is 0 Å². The molecule has 0 saturated carbocycles. The summed E-state index contributed by atoms with van der Waals surface area (Å²) in [5.41, 5.74) is 3.02. The number of ketones is 2. The molecule has 0 aromatic carbocycles. The van der Waals surface area contributed by atoms with Crippen LogP contribution in [0.15, 0.2) is 0 Å². The first-order valence-electron chi connectivity index (χ1n) is 14.9. The minimum Gasteiger partial charge on any atom is -0.375 e. The van der Waals surface area contributed by atoms with Gasteiger partial charge in [0.1, 0.15) is 11.1 Å². The first kappa shape index (κ1) is 33.3. The van der Waals surface area contributed by atoms with Crippen molar-refractivity contribution in [1.82, 2.24) is 0 Å². The third-order valence-corrected chi connectivity index (χ3v) is 7.78. The lowest BCUT2D eigenvalue weighted by Crippen LogP contribution is -2.62. The summed E-state index contributed by atoms with van der Waals surface area (Å²) in [6.45, 7) is 8.06. The molecule has 0 amide bonds. The normalized spacial score (nSPS) is 13.7. The zero-order chi connectivity index (χ0) is 25.7. The molecule has 4 heteroatoms. The second kappa shape index (κ2) is 20.5. The second-order valence-electron chi connectivity index (χ2n) is 10.5. The van der Waals surface area contributed by atoms with E-state index >= 15 is 0 Å². The number of aliphatic hydroxyl groups is 1. The molecular formula is C30H59NO3. The summed E-state index contributed by atoms with van der Waals surface area (Å²) in [4.78, 5) is 26.7. The van der Waals surface area contributed by atoms with E-state index in [0.29, 0.717) is 12.8 Å². The van der Waals surface area contributed by atoms with Crippen LogP contribution in [0.2, 0.25) is 0 Å². The van der Waals surface area contributed by atoms with Gasteiger partial charge < -0.3 is 10.8 Å². The van der Waals surface area contributed by atoms with E-state index in [2.05, 4.69) is 13.8 Å². The van der Waals surface area contributed by atoms with E-state index in [4.69, 9.17) is 5.73 Å². The van der Waals surface area contributed by atoms with Crippen molar-refractivity contribution in [2.24, 2.45) is 11.1 Å². The predicted octanol–water partition coefficient (Wildman–Crippen LogP) is 8.42. The maximum atomic E-state index is 13.3. The summed E-state index contributed by atoms with van der Waals surface area (Å²) < 4.78 is 0. The predicted molar refractivity (Wildman–Crippen MR) is 146 cm³/mol. The highest BCUT2D eigenvalue weighted by Crippen LogP contribution is 2.39. The van der Waals surface area contributed by atoms with E-state index < -0.39 is 11.1 Å². The zero-order valence-corrected chi connectivity index (χ0v) is 23.4. The van der Waals surface area contributed by atoms with Crippen LogP contribution in [-0.2, 0) is 9.59 Å². The van der Waals surface area contributed by atoms with Gasteiger partial charge in [-0.1, -0.05) is 130 Å². The van der Waals surface area contributed by atoms with Crippen molar-refractivity contribution >= 4 is 11.6 Å². The number of rotatable bonds is 25. The molecule has 0 bridgehead atoms. The number of nitrogens with two attached hydrogens (primary N) is 1. The summed E-state index contributed by atoms with van der Waals surface area (Å²) in [5, 5.41) is 11.0. The molecular weight excluding hydrogens is 422 g/mol. The molecule has 1 atom stereocenters. The van der Waals surface area contributed by atoms with Crippen LogP contribution < -0.4 is 5.73 Å². The van der Waals surface area contributed by atoms with Crippen LogP contribution in [0.4, 0.5) is 0 Å². The Morgan fingerprint density at radius 1 is 0.529 bits per heavy atom. The lowest BCUT2D eigenvalue weighted by atomic mass is 9.65. The van der Waals surface area contributed by atoms with Gasteiger partial charge in [-0.25, -0.2) is 0 Å². The molecule has 0 aromatic heterocycles. The topological polar surface area (TPSA) is 80.4 Å². The molecule has 1 unspecified atom stereocenters. The molecule has 0 fully saturated rings. The van der Waals surface area contributed by atoms with Crippen LogP contribution in [0.5, 0.6) is 0 Å². The van der Waals surface area contributed by atoms with Crippen molar-refractivity contribution in [2.45, 2.75) is 175 Å². The Morgan fingerprint density at radius 2 is 0.824 bits per heavy atom. The number of unbranched alkanes of at least 4 members (excludes halogenated alkanes) is 16. The van der Waals surface area contributed by atoms with Gasteiger partial charge in [-0.15, -0.1) is 0 Å². The second-order valence-corrected chi connectivity index (χ2v) is 10.5. The highest BCUT2D eigenvalue weighted by Gasteiger charge is 2.55. The number of carbonyl (C=O) groups excluding carboxylic acids is 2. The average Bonchev–Trinajstić information content (AvgIpc) is 2.82. The highest BCUT2D eigenvalue weighted by molar-refractivity contribution is 6.08. The quantitative estimate of drug-likeness (QED) is 0.0779. The molecule has 0 heterocycles. The number of hydrogen-bond donors (Lipinski definition) is 2. The van der Waals surface area contributed by atoms with E-state index in [9.17, 15) is 14.7 Å². The van der Waals surface area contributed by atoms with Crippen molar-refractivity contribution in [3.8, 4) is 0 Å². The first-order valence-corrected chi connectivity index (χ1v) is 14.9. The molecule has 0 spiro atoms. The molecule has 0 radical (unpaired) electrons. The number of hydrogen-bond acceptors (Lipinski definition) is 4. The van der Waals surface area contributed by atoms with Gasteiger partial charge in [-0.05, 0) is 25.7 Å². The maximum Gasteiger partial charge on any atom is 0.150 e. The van der Waals surface area contributed by atoms with Crippen LogP contribution in [0, 0.1) is 5.41 Å². The lowest BCUT2D eigenvalue weighted by molar-refractivity contribution is -0.162. The van der Waals surface area contributed by atoms with Gasteiger partial charge in [0.2, 0.25) is 0 Å². The average molecular weight is 482 g/mol. The van der Waals surface area contributed by atoms with E-state index in [0.717, 1.165) is 38.5 Å². The smallest absolute Gasteiger partial charge is 0.150 e. The van der Waals surface area contributed by atoms with E-state index in [1.165, 1.54) is 77.0 Å². The fraction of sp³-hybridized carbons (Fsp3) is 0.933. The fourth-order valence-electron chi connectivity index (χ4n) is 5.26. The minimum atomic E-state index is -1.77. The Morgan fingerprint density at radius 3 is 1.09 bits per heavy atom.